The highest BCUT2D eigenvalue weighted by molar-refractivity contribution is 6.30. The van der Waals surface area contributed by atoms with E-state index < -0.39 is 5.82 Å². The number of carbonyl (C=O) groups excluding carboxylic acids is 1. The molecule has 2 aromatic rings. The first-order valence-corrected chi connectivity index (χ1v) is 6.02. The molecule has 0 fully saturated rings. The summed E-state index contributed by atoms with van der Waals surface area (Å²) in [5, 5.41) is 3.59. The van der Waals surface area contributed by atoms with Crippen molar-refractivity contribution in [3.05, 3.63) is 58.9 Å². The largest absolute Gasteiger partial charge is 0.396 e. The first-order chi connectivity index (χ1) is 9.06. The van der Waals surface area contributed by atoms with Crippen molar-refractivity contribution in [2.24, 2.45) is 0 Å². The Bertz CT molecular complexity index is 599. The van der Waals surface area contributed by atoms with E-state index in [4.69, 9.17) is 17.3 Å². The number of hydrogen-bond acceptors (Lipinski definition) is 3. The lowest BCUT2D eigenvalue weighted by molar-refractivity contribution is 0.101. The van der Waals surface area contributed by atoms with Crippen LogP contribution in [0.5, 0.6) is 0 Å². The summed E-state index contributed by atoms with van der Waals surface area (Å²) >= 11 is 5.76. The molecule has 0 radical (unpaired) electrons. The van der Waals surface area contributed by atoms with Gasteiger partial charge >= 0.3 is 0 Å². The Labute approximate surface area is 115 Å². The smallest absolute Gasteiger partial charge is 0.181 e. The van der Waals surface area contributed by atoms with Crippen molar-refractivity contribution in [3.8, 4) is 0 Å². The molecule has 19 heavy (non-hydrogen) atoms. The van der Waals surface area contributed by atoms with Crippen molar-refractivity contribution < 1.29 is 9.18 Å². The van der Waals surface area contributed by atoms with Gasteiger partial charge in [-0.1, -0.05) is 11.6 Å². The molecule has 0 unspecified atom stereocenters. The quantitative estimate of drug-likeness (QED) is 0.666. The zero-order valence-electron chi connectivity index (χ0n) is 9.99. The minimum Gasteiger partial charge on any atom is -0.396 e. The molecular formula is C14H12ClFN2O. The van der Waals surface area contributed by atoms with Crippen LogP contribution in [0.15, 0.2) is 42.5 Å². The molecule has 0 spiro atoms. The number of carbonyl (C=O) groups is 1. The molecule has 3 N–H and O–H groups in total. The first-order valence-electron chi connectivity index (χ1n) is 5.64. The second kappa shape index (κ2) is 5.71. The highest BCUT2D eigenvalue weighted by Crippen LogP contribution is 2.15. The lowest BCUT2D eigenvalue weighted by atomic mass is 10.1. The summed E-state index contributed by atoms with van der Waals surface area (Å²) in [5.74, 6) is -0.691. The number of rotatable bonds is 4. The highest BCUT2D eigenvalue weighted by atomic mass is 35.5. The zero-order valence-corrected chi connectivity index (χ0v) is 10.7. The Morgan fingerprint density at radius 2 is 1.89 bits per heavy atom. The van der Waals surface area contributed by atoms with Crippen LogP contribution in [0.25, 0.3) is 0 Å². The number of halogens is 2. The summed E-state index contributed by atoms with van der Waals surface area (Å²) in [6.07, 6.45) is 0. The van der Waals surface area contributed by atoms with Gasteiger partial charge in [0.15, 0.2) is 5.78 Å². The van der Waals surface area contributed by atoms with Crippen molar-refractivity contribution in [2.45, 2.75) is 0 Å². The molecule has 0 aliphatic rings. The second-order valence-electron chi connectivity index (χ2n) is 4.02. The number of benzene rings is 2. The molecule has 0 bridgehead atoms. The van der Waals surface area contributed by atoms with Gasteiger partial charge in [-0.2, -0.15) is 0 Å². The Morgan fingerprint density at radius 3 is 2.53 bits per heavy atom. The van der Waals surface area contributed by atoms with E-state index in [1.165, 1.54) is 18.2 Å². The normalized spacial score (nSPS) is 10.2. The van der Waals surface area contributed by atoms with Gasteiger partial charge in [-0.05, 0) is 42.5 Å². The third-order valence-corrected chi connectivity index (χ3v) is 2.87. The number of nitrogens with one attached hydrogen (secondary N) is 1. The number of hydrogen-bond donors (Lipinski definition) is 2. The van der Waals surface area contributed by atoms with Crippen molar-refractivity contribution in [1.82, 2.24) is 0 Å². The van der Waals surface area contributed by atoms with Crippen molar-refractivity contribution in [1.29, 1.82) is 0 Å². The number of Topliss-reactive ketones (excluding diaryl/α,β-unsaturated/α-hetero) is 1. The summed E-state index contributed by atoms with van der Waals surface area (Å²) in [4.78, 5) is 11.9. The monoisotopic (exact) mass is 278 g/mol. The maximum absolute atomic E-state index is 13.0. The summed E-state index contributed by atoms with van der Waals surface area (Å²) in [5.41, 5.74) is 6.55. The molecule has 0 saturated heterocycles. The van der Waals surface area contributed by atoms with Crippen LogP contribution in [-0.2, 0) is 0 Å². The zero-order chi connectivity index (χ0) is 13.8. The fraction of sp³-hybridized carbons (Fsp3) is 0.0714. The molecule has 2 aromatic carbocycles. The van der Waals surface area contributed by atoms with Crippen LogP contribution in [0, 0.1) is 5.82 Å². The Kier molecular flexibility index (Phi) is 4.02. The van der Waals surface area contributed by atoms with E-state index in [1.54, 1.807) is 24.3 Å². The third-order valence-electron chi connectivity index (χ3n) is 2.62. The molecule has 0 aromatic heterocycles. The molecule has 0 aliphatic carbocycles. The van der Waals surface area contributed by atoms with Crippen molar-refractivity contribution >= 4 is 28.8 Å². The van der Waals surface area contributed by atoms with E-state index in [1.807, 2.05) is 0 Å². The fourth-order valence-corrected chi connectivity index (χ4v) is 1.70. The van der Waals surface area contributed by atoms with Crippen LogP contribution in [0.1, 0.15) is 10.4 Å². The van der Waals surface area contributed by atoms with Gasteiger partial charge in [-0.3, -0.25) is 4.79 Å². The van der Waals surface area contributed by atoms with E-state index in [0.29, 0.717) is 10.6 Å². The van der Waals surface area contributed by atoms with Gasteiger partial charge in [-0.15, -0.1) is 0 Å². The van der Waals surface area contributed by atoms with E-state index in [9.17, 15) is 9.18 Å². The van der Waals surface area contributed by atoms with Crippen molar-refractivity contribution in [3.63, 3.8) is 0 Å². The number of nitrogen functional groups attached to an aromatic ring is 1. The molecule has 2 rings (SSSR count). The minimum absolute atomic E-state index is 0.0302. The Balaban J connectivity index is 2.01. The summed E-state index contributed by atoms with van der Waals surface area (Å²) in [6.45, 7) is 0.104. The summed E-state index contributed by atoms with van der Waals surface area (Å²) in [7, 11) is 0. The van der Waals surface area contributed by atoms with Gasteiger partial charge in [0, 0.05) is 16.3 Å². The van der Waals surface area contributed by atoms with Crippen molar-refractivity contribution in [2.75, 3.05) is 17.6 Å². The standard InChI is InChI=1S/C14H12ClFN2O/c15-10-2-4-11(5-3-10)18-8-14(19)9-1-6-12(16)13(17)7-9/h1-7,18H,8,17H2. The summed E-state index contributed by atoms with van der Waals surface area (Å²) in [6, 6.07) is 10.9. The molecule has 0 aliphatic heterocycles. The topological polar surface area (TPSA) is 55.1 Å². The van der Waals surface area contributed by atoms with E-state index in [2.05, 4.69) is 5.32 Å². The predicted octanol–water partition coefficient (Wildman–Crippen LogP) is 3.36. The minimum atomic E-state index is -0.526. The maximum atomic E-state index is 13.0. The summed E-state index contributed by atoms with van der Waals surface area (Å²) < 4.78 is 13.0. The predicted molar refractivity (Wildman–Crippen MR) is 75.1 cm³/mol. The molecular weight excluding hydrogens is 267 g/mol. The average molecular weight is 279 g/mol. The van der Waals surface area contributed by atoms with Crippen LogP contribution in [0.3, 0.4) is 0 Å². The number of nitrogens with two attached hydrogens (primary N) is 1. The molecule has 0 atom stereocenters. The Hall–Kier alpha value is -2.07. The highest BCUT2D eigenvalue weighted by Gasteiger charge is 2.08. The lowest BCUT2D eigenvalue weighted by Crippen LogP contribution is -2.14. The first kappa shape index (κ1) is 13.4. The molecule has 0 amide bonds. The molecule has 3 nitrogen and oxygen atoms in total. The lowest BCUT2D eigenvalue weighted by Gasteiger charge is -2.06. The van der Waals surface area contributed by atoms with Gasteiger partial charge < -0.3 is 11.1 Å². The van der Waals surface area contributed by atoms with Crippen LogP contribution >= 0.6 is 11.6 Å². The maximum Gasteiger partial charge on any atom is 0.181 e. The van der Waals surface area contributed by atoms with Gasteiger partial charge in [-0.25, -0.2) is 4.39 Å². The number of anilines is 2. The van der Waals surface area contributed by atoms with Gasteiger partial charge in [0.05, 0.1) is 12.2 Å². The number of ketones is 1. The fourth-order valence-electron chi connectivity index (χ4n) is 1.57. The van der Waals surface area contributed by atoms with Gasteiger partial charge in [0.1, 0.15) is 5.82 Å². The Morgan fingerprint density at radius 1 is 1.21 bits per heavy atom. The van der Waals surface area contributed by atoms with E-state index in [0.717, 1.165) is 5.69 Å². The van der Waals surface area contributed by atoms with Crippen LogP contribution in [0.4, 0.5) is 15.8 Å². The average Bonchev–Trinajstić information content (AvgIpc) is 2.41. The van der Waals surface area contributed by atoms with Crippen LogP contribution in [-0.4, -0.2) is 12.3 Å². The van der Waals surface area contributed by atoms with E-state index in [-0.39, 0.29) is 18.0 Å². The van der Waals surface area contributed by atoms with Crippen LogP contribution in [0.2, 0.25) is 5.02 Å². The molecule has 98 valence electrons. The molecule has 5 heteroatoms. The third kappa shape index (κ3) is 3.45. The SMILES string of the molecule is Nc1cc(C(=O)CNc2ccc(Cl)cc2)ccc1F. The van der Waals surface area contributed by atoms with Gasteiger partial charge in [0.2, 0.25) is 0 Å². The van der Waals surface area contributed by atoms with Gasteiger partial charge in [0.25, 0.3) is 0 Å². The van der Waals surface area contributed by atoms with Crippen LogP contribution < -0.4 is 11.1 Å². The second-order valence-corrected chi connectivity index (χ2v) is 4.46. The molecule has 0 saturated carbocycles. The van der Waals surface area contributed by atoms with E-state index >= 15 is 0 Å². The molecule has 0 heterocycles.